The Labute approximate surface area is 169 Å². The van der Waals surface area contributed by atoms with Gasteiger partial charge in [-0.05, 0) is 50.5 Å². The Kier molecular flexibility index (Phi) is 8.03. The number of nitrogens with zero attached hydrogens (tertiary/aromatic N) is 1. The summed E-state index contributed by atoms with van der Waals surface area (Å²) in [7, 11) is 0. The average molecular weight is 387 g/mol. The maximum absolute atomic E-state index is 13.1. The molecule has 0 saturated heterocycles. The Bertz CT molecular complexity index is 684. The molecule has 5 heteroatoms. The molecule has 1 aromatic rings. The molecule has 0 aromatic heterocycles. The van der Waals surface area contributed by atoms with E-state index < -0.39 is 23.2 Å². The molecule has 154 valence electrons. The van der Waals surface area contributed by atoms with E-state index in [0.29, 0.717) is 18.7 Å². The lowest BCUT2D eigenvalue weighted by molar-refractivity contribution is 0.0446. The maximum Gasteiger partial charge on any atom is 0.408 e. The van der Waals surface area contributed by atoms with Gasteiger partial charge in [0.25, 0.3) is 0 Å². The monoisotopic (exact) mass is 386 g/mol. The number of ketones is 1. The number of amides is 1. The summed E-state index contributed by atoms with van der Waals surface area (Å²) in [6, 6.07) is 6.66. The molecule has 0 aliphatic rings. The standard InChI is InChI=1S/C23H34N2O3/c1-9-15-25(16-10-2)18-13-11-17(12-14-18)19(26)20(22(3,4)5)24-21(27)28-23(6,7)8/h9-14,20H,1-2,15-16H2,3-8H3,(H,24,27). The number of nitrogens with one attached hydrogen (secondary N) is 1. The van der Waals surface area contributed by atoms with Crippen LogP contribution in [-0.4, -0.2) is 36.6 Å². The first-order valence-corrected chi connectivity index (χ1v) is 9.49. The van der Waals surface area contributed by atoms with Crippen LogP contribution in [0.5, 0.6) is 0 Å². The highest BCUT2D eigenvalue weighted by molar-refractivity contribution is 6.02. The molecule has 28 heavy (non-hydrogen) atoms. The number of hydrogen-bond donors (Lipinski definition) is 1. The zero-order valence-corrected chi connectivity index (χ0v) is 18.0. The molecule has 1 N–H and O–H groups in total. The third-order valence-corrected chi connectivity index (χ3v) is 4.01. The Hall–Kier alpha value is -2.56. The summed E-state index contributed by atoms with van der Waals surface area (Å²) in [5.74, 6) is -0.149. The Morgan fingerprint density at radius 2 is 1.54 bits per heavy atom. The third-order valence-electron chi connectivity index (χ3n) is 4.01. The molecule has 0 aliphatic carbocycles. The van der Waals surface area contributed by atoms with E-state index in [-0.39, 0.29) is 5.78 Å². The highest BCUT2D eigenvalue weighted by Crippen LogP contribution is 2.25. The minimum atomic E-state index is -0.703. The molecule has 5 nitrogen and oxygen atoms in total. The van der Waals surface area contributed by atoms with Gasteiger partial charge in [-0.2, -0.15) is 0 Å². The fourth-order valence-corrected chi connectivity index (χ4v) is 2.70. The van der Waals surface area contributed by atoms with Crippen LogP contribution in [0.3, 0.4) is 0 Å². The van der Waals surface area contributed by atoms with Crippen molar-refractivity contribution in [3.8, 4) is 0 Å². The number of alkyl carbamates (subject to hydrolysis) is 1. The van der Waals surface area contributed by atoms with Gasteiger partial charge in [0.05, 0.1) is 0 Å². The highest BCUT2D eigenvalue weighted by Gasteiger charge is 2.34. The van der Waals surface area contributed by atoms with Gasteiger partial charge in [-0.1, -0.05) is 32.9 Å². The summed E-state index contributed by atoms with van der Waals surface area (Å²) in [6.07, 6.45) is 3.05. The number of Topliss-reactive ketones (excluding diaryl/α,β-unsaturated/α-hetero) is 1. The smallest absolute Gasteiger partial charge is 0.408 e. The van der Waals surface area contributed by atoms with E-state index >= 15 is 0 Å². The summed E-state index contributed by atoms with van der Waals surface area (Å²) in [6.45, 7) is 20.0. The van der Waals surface area contributed by atoms with Gasteiger partial charge in [-0.15, -0.1) is 13.2 Å². The molecule has 0 aliphatic heterocycles. The summed E-state index contributed by atoms with van der Waals surface area (Å²) in [4.78, 5) is 27.4. The van der Waals surface area contributed by atoms with Gasteiger partial charge >= 0.3 is 6.09 Å². The Morgan fingerprint density at radius 1 is 1.04 bits per heavy atom. The number of anilines is 1. The molecular formula is C23H34N2O3. The van der Waals surface area contributed by atoms with Crippen LogP contribution < -0.4 is 10.2 Å². The Morgan fingerprint density at radius 3 is 1.93 bits per heavy atom. The lowest BCUT2D eigenvalue weighted by Crippen LogP contribution is -2.50. The van der Waals surface area contributed by atoms with Gasteiger partial charge in [0.2, 0.25) is 0 Å². The highest BCUT2D eigenvalue weighted by atomic mass is 16.6. The zero-order chi connectivity index (χ0) is 21.5. The Balaban J connectivity index is 3.04. The summed E-state index contributed by atoms with van der Waals surface area (Å²) >= 11 is 0. The largest absolute Gasteiger partial charge is 0.444 e. The zero-order valence-electron chi connectivity index (χ0n) is 18.0. The van der Waals surface area contributed by atoms with Crippen molar-refractivity contribution >= 4 is 17.6 Å². The van der Waals surface area contributed by atoms with E-state index in [1.807, 2.05) is 45.1 Å². The van der Waals surface area contributed by atoms with Crippen molar-refractivity contribution in [3.63, 3.8) is 0 Å². The molecule has 0 spiro atoms. The predicted molar refractivity (Wildman–Crippen MR) is 116 cm³/mol. The van der Waals surface area contributed by atoms with Crippen molar-refractivity contribution in [2.24, 2.45) is 5.41 Å². The van der Waals surface area contributed by atoms with Crippen LogP contribution in [-0.2, 0) is 4.74 Å². The van der Waals surface area contributed by atoms with Crippen LogP contribution >= 0.6 is 0 Å². The molecule has 1 rings (SSSR count). The van der Waals surface area contributed by atoms with Crippen molar-refractivity contribution in [2.45, 2.75) is 53.2 Å². The van der Waals surface area contributed by atoms with E-state index in [1.165, 1.54) is 0 Å². The van der Waals surface area contributed by atoms with Gasteiger partial charge in [0.15, 0.2) is 5.78 Å². The van der Waals surface area contributed by atoms with Crippen LogP contribution in [0, 0.1) is 5.41 Å². The van der Waals surface area contributed by atoms with Gasteiger partial charge < -0.3 is 15.0 Å². The van der Waals surface area contributed by atoms with E-state index in [1.54, 1.807) is 32.9 Å². The van der Waals surface area contributed by atoms with Crippen LogP contribution in [0.25, 0.3) is 0 Å². The molecule has 0 radical (unpaired) electrons. The number of ether oxygens (including phenoxy) is 1. The summed E-state index contributed by atoms with van der Waals surface area (Å²) in [5, 5.41) is 2.74. The van der Waals surface area contributed by atoms with Crippen LogP contribution in [0.4, 0.5) is 10.5 Å². The van der Waals surface area contributed by atoms with Gasteiger partial charge in [0.1, 0.15) is 11.6 Å². The molecule has 0 heterocycles. The van der Waals surface area contributed by atoms with Crippen molar-refractivity contribution in [1.29, 1.82) is 0 Å². The topological polar surface area (TPSA) is 58.6 Å². The first-order valence-electron chi connectivity index (χ1n) is 9.49. The fourth-order valence-electron chi connectivity index (χ4n) is 2.70. The second kappa shape index (κ2) is 9.58. The van der Waals surface area contributed by atoms with Gasteiger partial charge in [0, 0.05) is 24.3 Å². The molecule has 1 amide bonds. The minimum absolute atomic E-state index is 0.149. The summed E-state index contributed by atoms with van der Waals surface area (Å²) < 4.78 is 5.33. The van der Waals surface area contributed by atoms with E-state index in [9.17, 15) is 9.59 Å². The van der Waals surface area contributed by atoms with Crippen LogP contribution in [0.15, 0.2) is 49.6 Å². The molecule has 0 fully saturated rings. The second-order valence-electron chi connectivity index (χ2n) is 8.84. The van der Waals surface area contributed by atoms with Crippen LogP contribution in [0.1, 0.15) is 51.9 Å². The van der Waals surface area contributed by atoms with Crippen molar-refractivity contribution < 1.29 is 14.3 Å². The molecular weight excluding hydrogens is 352 g/mol. The maximum atomic E-state index is 13.1. The fraction of sp³-hybridized carbons (Fsp3) is 0.478. The lowest BCUT2D eigenvalue weighted by atomic mass is 9.82. The minimum Gasteiger partial charge on any atom is -0.444 e. The predicted octanol–water partition coefficient (Wildman–Crippen LogP) is 4.99. The average Bonchev–Trinajstić information content (AvgIpc) is 2.56. The van der Waals surface area contributed by atoms with Gasteiger partial charge in [-0.25, -0.2) is 4.79 Å². The number of hydrogen-bond acceptors (Lipinski definition) is 4. The molecule has 0 bridgehead atoms. The number of carbonyl (C=O) groups excluding carboxylic acids is 2. The SMILES string of the molecule is C=CCN(CC=C)c1ccc(C(=O)C(NC(=O)OC(C)(C)C)C(C)(C)C)cc1. The van der Waals surface area contributed by atoms with Crippen molar-refractivity contribution in [2.75, 3.05) is 18.0 Å². The summed E-state index contributed by atoms with van der Waals surface area (Å²) in [5.41, 5.74) is 0.419. The van der Waals surface area contributed by atoms with Crippen LogP contribution in [0.2, 0.25) is 0 Å². The molecule has 0 saturated carbocycles. The normalized spacial score (nSPS) is 12.6. The number of benzene rings is 1. The number of rotatable bonds is 8. The number of carbonyl (C=O) groups is 2. The van der Waals surface area contributed by atoms with E-state index in [4.69, 9.17) is 4.74 Å². The lowest BCUT2D eigenvalue weighted by Gasteiger charge is -2.31. The first-order chi connectivity index (χ1) is 12.9. The molecule has 1 atom stereocenters. The van der Waals surface area contributed by atoms with E-state index in [0.717, 1.165) is 5.69 Å². The van der Waals surface area contributed by atoms with E-state index in [2.05, 4.69) is 23.4 Å². The second-order valence-corrected chi connectivity index (χ2v) is 8.84. The molecule has 1 unspecified atom stereocenters. The molecule has 1 aromatic carbocycles. The third kappa shape index (κ3) is 7.22. The quantitative estimate of drug-likeness (QED) is 0.505. The van der Waals surface area contributed by atoms with Gasteiger partial charge in [-0.3, -0.25) is 4.79 Å². The van der Waals surface area contributed by atoms with Crippen molar-refractivity contribution in [3.05, 3.63) is 55.1 Å². The van der Waals surface area contributed by atoms with Crippen molar-refractivity contribution in [1.82, 2.24) is 5.32 Å². The first kappa shape index (κ1) is 23.5.